The highest BCUT2D eigenvalue weighted by Gasteiger charge is 2.43. The summed E-state index contributed by atoms with van der Waals surface area (Å²) in [5.41, 5.74) is 1.23. The predicted molar refractivity (Wildman–Crippen MR) is 89.0 cm³/mol. The lowest BCUT2D eigenvalue weighted by Crippen LogP contribution is -2.46. The molecule has 110 valence electrons. The molecule has 1 aromatic heterocycles. The summed E-state index contributed by atoms with van der Waals surface area (Å²) in [6.45, 7) is 0.851. The fourth-order valence-electron chi connectivity index (χ4n) is 3.33. The van der Waals surface area contributed by atoms with E-state index in [0.717, 1.165) is 30.8 Å². The van der Waals surface area contributed by atoms with Crippen LogP contribution in [-0.4, -0.2) is 27.0 Å². The maximum Gasteiger partial charge on any atom is 0.181 e. The van der Waals surface area contributed by atoms with E-state index in [9.17, 15) is 0 Å². The standard InChI is InChI=1S/C16H18IN3O/c17-13-4-2-12(3-5-13)15-18-11-20(19-15)14-6-9-21-16(10-14)7-1-8-16/h2-5,11,14H,1,6-10H2. The lowest BCUT2D eigenvalue weighted by atomic mass is 9.74. The van der Waals surface area contributed by atoms with Gasteiger partial charge in [-0.05, 0) is 66.8 Å². The van der Waals surface area contributed by atoms with Crippen LogP contribution in [0.5, 0.6) is 0 Å². The average molecular weight is 395 g/mol. The molecule has 1 saturated carbocycles. The molecule has 0 N–H and O–H groups in total. The summed E-state index contributed by atoms with van der Waals surface area (Å²) in [4.78, 5) is 4.49. The van der Waals surface area contributed by atoms with Gasteiger partial charge in [0.25, 0.3) is 0 Å². The number of ether oxygens (including phenoxy) is 1. The number of rotatable bonds is 2. The third kappa shape index (κ3) is 2.61. The van der Waals surface area contributed by atoms with Crippen molar-refractivity contribution in [3.8, 4) is 11.4 Å². The van der Waals surface area contributed by atoms with E-state index in [1.54, 1.807) is 0 Å². The quantitative estimate of drug-likeness (QED) is 0.726. The topological polar surface area (TPSA) is 39.9 Å². The van der Waals surface area contributed by atoms with E-state index in [1.807, 2.05) is 6.33 Å². The summed E-state index contributed by atoms with van der Waals surface area (Å²) in [6, 6.07) is 8.78. The molecule has 2 fully saturated rings. The van der Waals surface area contributed by atoms with Crippen LogP contribution in [0.1, 0.15) is 38.1 Å². The van der Waals surface area contributed by atoms with Crippen molar-refractivity contribution >= 4 is 22.6 Å². The van der Waals surface area contributed by atoms with Crippen LogP contribution < -0.4 is 0 Å². The molecular weight excluding hydrogens is 377 g/mol. The molecule has 2 heterocycles. The monoisotopic (exact) mass is 395 g/mol. The van der Waals surface area contributed by atoms with Crippen molar-refractivity contribution in [2.24, 2.45) is 0 Å². The average Bonchev–Trinajstić information content (AvgIpc) is 2.96. The molecule has 4 nitrogen and oxygen atoms in total. The number of nitrogens with zero attached hydrogens (tertiary/aromatic N) is 3. The van der Waals surface area contributed by atoms with Crippen molar-refractivity contribution in [2.75, 3.05) is 6.61 Å². The van der Waals surface area contributed by atoms with Crippen LogP contribution in [-0.2, 0) is 4.74 Å². The van der Waals surface area contributed by atoms with Crippen LogP contribution in [0.15, 0.2) is 30.6 Å². The zero-order valence-corrected chi connectivity index (χ0v) is 14.0. The molecule has 1 saturated heterocycles. The van der Waals surface area contributed by atoms with Gasteiger partial charge in [-0.25, -0.2) is 9.67 Å². The normalized spacial score (nSPS) is 24.0. The first-order valence-corrected chi connectivity index (χ1v) is 8.63. The summed E-state index contributed by atoms with van der Waals surface area (Å²) in [7, 11) is 0. The van der Waals surface area contributed by atoms with E-state index < -0.39 is 0 Å². The maximum absolute atomic E-state index is 6.00. The molecule has 21 heavy (non-hydrogen) atoms. The van der Waals surface area contributed by atoms with Gasteiger partial charge in [-0.15, -0.1) is 0 Å². The van der Waals surface area contributed by atoms with Gasteiger partial charge >= 0.3 is 0 Å². The second kappa shape index (κ2) is 5.35. The Morgan fingerprint density at radius 3 is 2.76 bits per heavy atom. The van der Waals surface area contributed by atoms with Gasteiger partial charge in [0.2, 0.25) is 0 Å². The van der Waals surface area contributed by atoms with Crippen LogP contribution in [0.25, 0.3) is 11.4 Å². The molecule has 2 aliphatic rings. The largest absolute Gasteiger partial charge is 0.375 e. The van der Waals surface area contributed by atoms with Gasteiger partial charge in [-0.2, -0.15) is 5.10 Å². The van der Waals surface area contributed by atoms with E-state index in [2.05, 4.69) is 56.5 Å². The van der Waals surface area contributed by atoms with Crippen LogP contribution in [0, 0.1) is 3.57 Å². The Morgan fingerprint density at radius 2 is 2.05 bits per heavy atom. The zero-order valence-electron chi connectivity index (χ0n) is 11.8. The van der Waals surface area contributed by atoms with Gasteiger partial charge in [-0.3, -0.25) is 0 Å². The minimum atomic E-state index is 0.151. The Hall–Kier alpha value is -0.950. The highest BCUT2D eigenvalue weighted by atomic mass is 127. The molecule has 5 heteroatoms. The van der Waals surface area contributed by atoms with Gasteiger partial charge in [0.15, 0.2) is 5.82 Å². The van der Waals surface area contributed by atoms with Gasteiger partial charge < -0.3 is 4.74 Å². The molecular formula is C16H18IN3O. The fraction of sp³-hybridized carbons (Fsp3) is 0.500. The van der Waals surface area contributed by atoms with Crippen LogP contribution in [0.2, 0.25) is 0 Å². The first kappa shape index (κ1) is 13.7. The third-order valence-corrected chi connectivity index (χ3v) is 5.44. The van der Waals surface area contributed by atoms with Crippen molar-refractivity contribution in [1.29, 1.82) is 0 Å². The summed E-state index contributed by atoms with van der Waals surface area (Å²) >= 11 is 2.31. The highest BCUT2D eigenvalue weighted by Crippen LogP contribution is 2.45. The summed E-state index contributed by atoms with van der Waals surface area (Å²) < 4.78 is 9.28. The minimum Gasteiger partial charge on any atom is -0.375 e. The van der Waals surface area contributed by atoms with Crippen LogP contribution in [0.3, 0.4) is 0 Å². The van der Waals surface area contributed by atoms with E-state index in [4.69, 9.17) is 9.84 Å². The number of hydrogen-bond donors (Lipinski definition) is 0. The van der Waals surface area contributed by atoms with Crippen molar-refractivity contribution < 1.29 is 4.74 Å². The highest BCUT2D eigenvalue weighted by molar-refractivity contribution is 14.1. The lowest BCUT2D eigenvalue weighted by Gasteiger charge is -2.47. The third-order valence-electron chi connectivity index (χ3n) is 4.72. The van der Waals surface area contributed by atoms with Crippen LogP contribution >= 0.6 is 22.6 Å². The molecule has 2 aromatic rings. The molecule has 0 amide bonds. The van der Waals surface area contributed by atoms with Gasteiger partial charge in [0.1, 0.15) is 6.33 Å². The Kier molecular flexibility index (Phi) is 3.49. The molecule has 1 aliphatic heterocycles. The lowest BCUT2D eigenvalue weighted by molar-refractivity contribution is -0.141. The van der Waals surface area contributed by atoms with Gasteiger partial charge in [0.05, 0.1) is 11.6 Å². The van der Waals surface area contributed by atoms with Gasteiger partial charge in [-0.1, -0.05) is 12.1 Å². The van der Waals surface area contributed by atoms with Crippen LogP contribution in [0.4, 0.5) is 0 Å². The second-order valence-corrected chi connectivity index (χ2v) is 7.33. The summed E-state index contributed by atoms with van der Waals surface area (Å²) in [5.74, 6) is 0.820. The fourth-order valence-corrected chi connectivity index (χ4v) is 3.69. The number of halogens is 1. The van der Waals surface area contributed by atoms with E-state index in [1.165, 1.54) is 22.8 Å². The van der Waals surface area contributed by atoms with Gasteiger partial charge in [0, 0.05) is 15.7 Å². The smallest absolute Gasteiger partial charge is 0.181 e. The first-order valence-electron chi connectivity index (χ1n) is 7.55. The summed E-state index contributed by atoms with van der Waals surface area (Å²) in [5, 5.41) is 4.71. The molecule has 0 bridgehead atoms. The van der Waals surface area contributed by atoms with Crippen molar-refractivity contribution in [2.45, 2.75) is 43.7 Å². The Balaban J connectivity index is 1.55. The molecule has 1 aliphatic carbocycles. The summed E-state index contributed by atoms with van der Waals surface area (Å²) in [6.07, 6.45) is 7.73. The van der Waals surface area contributed by atoms with Crippen molar-refractivity contribution in [3.63, 3.8) is 0 Å². The van der Waals surface area contributed by atoms with E-state index in [-0.39, 0.29) is 5.60 Å². The van der Waals surface area contributed by atoms with E-state index >= 15 is 0 Å². The molecule has 1 spiro atoms. The molecule has 0 radical (unpaired) electrons. The molecule has 1 aromatic carbocycles. The van der Waals surface area contributed by atoms with E-state index in [0.29, 0.717) is 6.04 Å². The second-order valence-electron chi connectivity index (χ2n) is 6.09. The Labute approximate surface area is 138 Å². The predicted octanol–water partition coefficient (Wildman–Crippen LogP) is 3.82. The number of benzene rings is 1. The van der Waals surface area contributed by atoms with Crippen molar-refractivity contribution in [3.05, 3.63) is 34.2 Å². The molecule has 4 rings (SSSR count). The minimum absolute atomic E-state index is 0.151. The Morgan fingerprint density at radius 1 is 1.24 bits per heavy atom. The maximum atomic E-state index is 6.00. The molecule has 1 atom stereocenters. The number of aromatic nitrogens is 3. The number of hydrogen-bond acceptors (Lipinski definition) is 3. The zero-order chi connectivity index (χ0) is 14.3. The molecule has 1 unspecified atom stereocenters. The Bertz CT molecular complexity index is 633. The SMILES string of the molecule is Ic1ccc(-c2ncn(C3CCOC4(CCC4)C3)n2)cc1. The first-order chi connectivity index (χ1) is 10.2. The van der Waals surface area contributed by atoms with Crippen molar-refractivity contribution in [1.82, 2.24) is 14.8 Å².